The molecule has 0 spiro atoms. The molecule has 0 unspecified atom stereocenters. The number of aryl methyl sites for hydroxylation is 1. The van der Waals surface area contributed by atoms with E-state index in [1.807, 2.05) is 0 Å². The number of carboxylic acid groups (broad SMARTS) is 1. The third kappa shape index (κ3) is 4.21. The van der Waals surface area contributed by atoms with Gasteiger partial charge in [0, 0.05) is 11.9 Å². The number of carbonyl (C=O) groups is 2. The number of benzene rings is 1. The van der Waals surface area contributed by atoms with Gasteiger partial charge in [-0.05, 0) is 24.3 Å². The third-order valence-corrected chi connectivity index (χ3v) is 3.34. The fraction of sp³-hybridized carbons (Fsp3) is 0.154. The quantitative estimate of drug-likeness (QED) is 0.884. The van der Waals surface area contributed by atoms with Crippen LogP contribution in [0.15, 0.2) is 30.5 Å². The molecule has 1 aromatic carbocycles. The van der Waals surface area contributed by atoms with E-state index in [1.165, 1.54) is 16.8 Å². The minimum atomic E-state index is -0.924. The Bertz CT molecular complexity index is 685. The molecule has 0 saturated carbocycles. The van der Waals surface area contributed by atoms with Gasteiger partial charge in [-0.1, -0.05) is 23.2 Å². The average molecular weight is 328 g/mol. The van der Waals surface area contributed by atoms with Crippen molar-refractivity contribution in [1.82, 2.24) is 9.78 Å². The van der Waals surface area contributed by atoms with E-state index in [4.69, 9.17) is 28.3 Å². The first kappa shape index (κ1) is 15.3. The molecule has 1 aromatic heterocycles. The number of carbonyl (C=O) groups excluding carboxylic acids is 1. The van der Waals surface area contributed by atoms with Gasteiger partial charge in [0.15, 0.2) is 5.69 Å². The molecule has 2 rings (SSSR count). The van der Waals surface area contributed by atoms with Crippen molar-refractivity contribution in [2.24, 2.45) is 0 Å². The molecule has 21 heavy (non-hydrogen) atoms. The molecule has 0 radical (unpaired) electrons. The molecule has 0 aliphatic rings. The lowest BCUT2D eigenvalue weighted by Crippen LogP contribution is -2.14. The van der Waals surface area contributed by atoms with Crippen LogP contribution < -0.4 is 5.32 Å². The Kier molecular flexibility index (Phi) is 4.82. The number of halogens is 2. The second-order valence-corrected chi connectivity index (χ2v) is 5.01. The molecule has 1 amide bonds. The topological polar surface area (TPSA) is 84.2 Å². The van der Waals surface area contributed by atoms with Crippen LogP contribution in [-0.2, 0) is 11.3 Å². The van der Waals surface area contributed by atoms with Gasteiger partial charge in [0.25, 0.3) is 5.91 Å². The Balaban J connectivity index is 2.03. The molecule has 0 saturated heterocycles. The minimum Gasteiger partial charge on any atom is -0.481 e. The van der Waals surface area contributed by atoms with E-state index in [9.17, 15) is 9.59 Å². The predicted octanol–water partition coefficient (Wildman–Crippen LogP) is 2.92. The molecule has 0 aliphatic carbocycles. The number of aromatic nitrogens is 2. The maximum absolute atomic E-state index is 12.0. The molecular formula is C13H11Cl2N3O3. The molecule has 0 fully saturated rings. The summed E-state index contributed by atoms with van der Waals surface area (Å²) in [5.41, 5.74) is 0.681. The Hall–Kier alpha value is -2.05. The van der Waals surface area contributed by atoms with Gasteiger partial charge in [-0.2, -0.15) is 5.10 Å². The molecule has 0 bridgehead atoms. The van der Waals surface area contributed by atoms with Gasteiger partial charge in [0.2, 0.25) is 0 Å². The normalized spacial score (nSPS) is 10.4. The number of nitrogens with one attached hydrogen (secondary N) is 1. The lowest BCUT2D eigenvalue weighted by molar-refractivity contribution is -0.137. The van der Waals surface area contributed by atoms with Crippen molar-refractivity contribution in [3.63, 3.8) is 0 Å². The zero-order valence-electron chi connectivity index (χ0n) is 10.7. The average Bonchev–Trinajstić information content (AvgIpc) is 2.89. The molecule has 2 N–H and O–H groups in total. The summed E-state index contributed by atoms with van der Waals surface area (Å²) >= 11 is 11.6. The van der Waals surface area contributed by atoms with Crippen molar-refractivity contribution >= 4 is 40.8 Å². The summed E-state index contributed by atoms with van der Waals surface area (Å²) in [7, 11) is 0. The Morgan fingerprint density at radius 1 is 1.24 bits per heavy atom. The summed E-state index contributed by atoms with van der Waals surface area (Å²) in [4.78, 5) is 22.5. The van der Waals surface area contributed by atoms with Crippen LogP contribution in [0, 0.1) is 0 Å². The third-order valence-electron chi connectivity index (χ3n) is 2.61. The van der Waals surface area contributed by atoms with E-state index in [1.54, 1.807) is 18.3 Å². The van der Waals surface area contributed by atoms with Gasteiger partial charge in [-0.25, -0.2) is 0 Å². The van der Waals surface area contributed by atoms with Crippen LogP contribution in [0.4, 0.5) is 5.69 Å². The zero-order valence-corrected chi connectivity index (χ0v) is 12.2. The van der Waals surface area contributed by atoms with Crippen molar-refractivity contribution < 1.29 is 14.7 Å². The van der Waals surface area contributed by atoms with Crippen LogP contribution in [0.2, 0.25) is 10.0 Å². The molecule has 0 aliphatic heterocycles. The first-order valence-electron chi connectivity index (χ1n) is 5.97. The monoisotopic (exact) mass is 327 g/mol. The van der Waals surface area contributed by atoms with E-state index in [0.717, 1.165) is 0 Å². The number of hydrogen-bond donors (Lipinski definition) is 2. The number of anilines is 1. The van der Waals surface area contributed by atoms with Crippen molar-refractivity contribution in [2.45, 2.75) is 13.0 Å². The van der Waals surface area contributed by atoms with Crippen molar-refractivity contribution in [3.05, 3.63) is 46.2 Å². The number of carboxylic acids is 1. The van der Waals surface area contributed by atoms with E-state index in [-0.39, 0.29) is 18.7 Å². The van der Waals surface area contributed by atoms with Gasteiger partial charge in [0.1, 0.15) is 0 Å². The molecule has 1 heterocycles. The minimum absolute atomic E-state index is 0.0600. The van der Waals surface area contributed by atoms with Crippen LogP contribution in [0.3, 0.4) is 0 Å². The molecule has 0 atom stereocenters. The largest absolute Gasteiger partial charge is 0.481 e. The maximum atomic E-state index is 12.0. The standard InChI is InChI=1S/C13H11Cl2N3O3/c14-9-2-1-8(7-10(9)15)16-13(21)11-3-5-18(17-11)6-4-12(19)20/h1-3,5,7H,4,6H2,(H,16,21)(H,19,20). The van der Waals surface area contributed by atoms with Gasteiger partial charge in [-0.3, -0.25) is 14.3 Å². The highest BCUT2D eigenvalue weighted by molar-refractivity contribution is 6.42. The summed E-state index contributed by atoms with van der Waals surface area (Å²) in [5.74, 6) is -1.34. The summed E-state index contributed by atoms with van der Waals surface area (Å²) < 4.78 is 1.40. The van der Waals surface area contributed by atoms with Crippen LogP contribution in [0.5, 0.6) is 0 Å². The highest BCUT2D eigenvalue weighted by atomic mass is 35.5. The lowest BCUT2D eigenvalue weighted by atomic mass is 10.3. The Labute approximate surface area is 130 Å². The fourth-order valence-electron chi connectivity index (χ4n) is 1.59. The van der Waals surface area contributed by atoms with Gasteiger partial charge < -0.3 is 10.4 Å². The predicted molar refractivity (Wildman–Crippen MR) is 78.9 cm³/mol. The number of nitrogens with zero attached hydrogens (tertiary/aromatic N) is 2. The molecular weight excluding hydrogens is 317 g/mol. The summed E-state index contributed by atoms with van der Waals surface area (Å²) in [6.45, 7) is 0.204. The van der Waals surface area contributed by atoms with E-state index in [2.05, 4.69) is 10.4 Å². The molecule has 8 heteroatoms. The molecule has 2 aromatic rings. The Morgan fingerprint density at radius 2 is 2.00 bits per heavy atom. The summed E-state index contributed by atoms with van der Waals surface area (Å²) in [6, 6.07) is 6.23. The van der Waals surface area contributed by atoms with E-state index >= 15 is 0 Å². The van der Waals surface area contributed by atoms with E-state index in [0.29, 0.717) is 15.7 Å². The van der Waals surface area contributed by atoms with Gasteiger partial charge >= 0.3 is 5.97 Å². The zero-order chi connectivity index (χ0) is 15.4. The highest BCUT2D eigenvalue weighted by Crippen LogP contribution is 2.25. The number of amides is 1. The second-order valence-electron chi connectivity index (χ2n) is 4.19. The van der Waals surface area contributed by atoms with Crippen LogP contribution >= 0.6 is 23.2 Å². The first-order valence-corrected chi connectivity index (χ1v) is 6.73. The number of hydrogen-bond acceptors (Lipinski definition) is 3. The summed E-state index contributed by atoms with van der Waals surface area (Å²) in [6.07, 6.45) is 1.49. The van der Waals surface area contributed by atoms with Crippen LogP contribution in [0.1, 0.15) is 16.9 Å². The highest BCUT2D eigenvalue weighted by Gasteiger charge is 2.11. The molecule has 6 nitrogen and oxygen atoms in total. The summed E-state index contributed by atoms with van der Waals surface area (Å²) in [5, 5.41) is 16.0. The molecule has 110 valence electrons. The maximum Gasteiger partial charge on any atom is 0.305 e. The van der Waals surface area contributed by atoms with E-state index < -0.39 is 11.9 Å². The van der Waals surface area contributed by atoms with Crippen molar-refractivity contribution in [2.75, 3.05) is 5.32 Å². The van der Waals surface area contributed by atoms with Crippen LogP contribution in [-0.4, -0.2) is 26.8 Å². The fourth-order valence-corrected chi connectivity index (χ4v) is 1.88. The smallest absolute Gasteiger partial charge is 0.305 e. The SMILES string of the molecule is O=C(O)CCn1ccc(C(=O)Nc2ccc(Cl)c(Cl)c2)n1. The number of aliphatic carboxylic acids is 1. The van der Waals surface area contributed by atoms with Gasteiger partial charge in [0.05, 0.1) is 23.0 Å². The Morgan fingerprint density at radius 3 is 2.67 bits per heavy atom. The first-order chi connectivity index (χ1) is 9.95. The van der Waals surface area contributed by atoms with Crippen molar-refractivity contribution in [3.8, 4) is 0 Å². The second kappa shape index (κ2) is 6.60. The van der Waals surface area contributed by atoms with Crippen molar-refractivity contribution in [1.29, 1.82) is 0 Å². The van der Waals surface area contributed by atoms with Gasteiger partial charge in [-0.15, -0.1) is 0 Å². The van der Waals surface area contributed by atoms with Crippen LogP contribution in [0.25, 0.3) is 0 Å². The lowest BCUT2D eigenvalue weighted by Gasteiger charge is -2.04. The number of rotatable bonds is 5.